The molecule has 1 unspecified atom stereocenters. The van der Waals surface area contributed by atoms with Crippen molar-refractivity contribution in [2.45, 2.75) is 19.1 Å². The number of fused-ring (bicyclic) bond motifs is 2. The molecule has 25 heavy (non-hydrogen) atoms. The Hall–Kier alpha value is -2.45. The quantitative estimate of drug-likeness (QED) is 0.555. The van der Waals surface area contributed by atoms with Crippen LogP contribution >= 0.6 is 15.9 Å². The first-order valence-corrected chi connectivity index (χ1v) is 8.33. The monoisotopic (exact) mass is 405 g/mol. The lowest BCUT2D eigenvalue weighted by Crippen LogP contribution is -2.23. The second-order valence-corrected chi connectivity index (χ2v) is 6.68. The van der Waals surface area contributed by atoms with E-state index in [0.29, 0.717) is 18.1 Å². The third kappa shape index (κ3) is 2.87. The van der Waals surface area contributed by atoms with E-state index in [1.165, 1.54) is 18.2 Å². The zero-order valence-corrected chi connectivity index (χ0v) is 14.4. The molecule has 0 saturated heterocycles. The van der Waals surface area contributed by atoms with Crippen LogP contribution in [-0.4, -0.2) is 17.5 Å². The normalized spacial score (nSPS) is 18.6. The van der Waals surface area contributed by atoms with Crippen molar-refractivity contribution in [3.8, 4) is 11.5 Å². The van der Waals surface area contributed by atoms with E-state index >= 15 is 0 Å². The molecule has 0 fully saturated rings. The van der Waals surface area contributed by atoms with Gasteiger partial charge in [0.2, 0.25) is 0 Å². The van der Waals surface area contributed by atoms with Crippen molar-refractivity contribution in [3.05, 3.63) is 61.6 Å². The molecule has 2 aromatic rings. The molecule has 2 heterocycles. The predicted molar refractivity (Wildman–Crippen MR) is 89.8 cm³/mol. The summed E-state index contributed by atoms with van der Waals surface area (Å²) in [7, 11) is 0. The van der Waals surface area contributed by atoms with Crippen LogP contribution in [0.3, 0.4) is 0 Å². The highest BCUT2D eigenvalue weighted by atomic mass is 79.9. The molecule has 0 spiro atoms. The summed E-state index contributed by atoms with van der Waals surface area (Å²) in [5, 5.41) is 10.9. The van der Waals surface area contributed by atoms with Crippen LogP contribution in [0.15, 0.2) is 34.8 Å². The topological polar surface area (TPSA) is 87.9 Å². The number of benzene rings is 2. The maximum Gasteiger partial charge on any atom is 0.270 e. The third-order valence-electron chi connectivity index (χ3n) is 4.16. The molecule has 0 aliphatic carbocycles. The molecule has 0 N–H and O–H groups in total. The molecule has 0 saturated carbocycles. The molecule has 2 aliphatic rings. The van der Waals surface area contributed by atoms with Crippen molar-refractivity contribution < 1.29 is 23.9 Å². The maximum absolute atomic E-state index is 12.5. The molecule has 1 atom stereocenters. The van der Waals surface area contributed by atoms with Gasteiger partial charge in [-0.3, -0.25) is 14.9 Å². The number of ether oxygens (including phenoxy) is 3. The van der Waals surface area contributed by atoms with Gasteiger partial charge in [0.15, 0.2) is 12.6 Å². The minimum absolute atomic E-state index is 0.0846. The molecule has 2 aromatic carbocycles. The Morgan fingerprint density at radius 1 is 1.24 bits per heavy atom. The highest BCUT2D eigenvalue weighted by molar-refractivity contribution is 9.10. The molecular weight excluding hydrogens is 394 g/mol. The van der Waals surface area contributed by atoms with E-state index in [9.17, 15) is 14.9 Å². The first-order chi connectivity index (χ1) is 12.0. The van der Waals surface area contributed by atoms with Gasteiger partial charge in [-0.15, -0.1) is 0 Å². The lowest BCUT2D eigenvalue weighted by molar-refractivity contribution is -0.384. The van der Waals surface area contributed by atoms with Crippen LogP contribution in [0.1, 0.15) is 34.0 Å². The van der Waals surface area contributed by atoms with Crippen molar-refractivity contribution in [2.75, 3.05) is 6.79 Å². The fourth-order valence-corrected chi connectivity index (χ4v) is 3.57. The summed E-state index contributed by atoms with van der Waals surface area (Å²) in [6.45, 7) is 0.566. The fraction of sp³-hybridized carbons (Fsp3) is 0.235. The average molecular weight is 406 g/mol. The Bertz CT molecular complexity index is 897. The van der Waals surface area contributed by atoms with E-state index in [1.807, 2.05) is 12.1 Å². The van der Waals surface area contributed by atoms with Crippen LogP contribution in [0.4, 0.5) is 5.69 Å². The summed E-state index contributed by atoms with van der Waals surface area (Å²) in [5.74, 6) is 0.806. The number of nitro groups is 1. The molecule has 7 nitrogen and oxygen atoms in total. The Kier molecular flexibility index (Phi) is 3.93. The second kappa shape index (κ2) is 6.12. The molecule has 0 aromatic heterocycles. The lowest BCUT2D eigenvalue weighted by atomic mass is 9.94. The second-order valence-electron chi connectivity index (χ2n) is 5.77. The number of Topliss-reactive ketones (excluding diaryl/α,β-unsaturated/α-hetero) is 1. The number of rotatable bonds is 2. The Morgan fingerprint density at radius 2 is 2.08 bits per heavy atom. The minimum Gasteiger partial charge on any atom is -0.484 e. The first kappa shape index (κ1) is 16.0. The number of carbonyl (C=O) groups is 1. The summed E-state index contributed by atoms with van der Waals surface area (Å²) < 4.78 is 17.7. The number of carbonyl (C=O) groups excluding carboxylic acids is 1. The van der Waals surface area contributed by atoms with Gasteiger partial charge < -0.3 is 14.2 Å². The van der Waals surface area contributed by atoms with Crippen LogP contribution in [0.2, 0.25) is 0 Å². The number of non-ortho nitro benzene ring substituents is 1. The standard InChI is InChI=1S/C17H12BrNO6/c18-10-3-9-7-23-8-24-17(9)13(4-10)16-6-14(20)12-5-11(19(21)22)1-2-15(12)25-16/h1-5,16H,6-8H2. The van der Waals surface area contributed by atoms with Crippen LogP contribution < -0.4 is 9.47 Å². The van der Waals surface area contributed by atoms with E-state index in [1.54, 1.807) is 0 Å². The Labute approximate surface area is 150 Å². The van der Waals surface area contributed by atoms with Gasteiger partial charge in [-0.2, -0.15) is 0 Å². The molecule has 8 heteroatoms. The number of nitrogens with zero attached hydrogens (tertiary/aromatic N) is 1. The van der Waals surface area contributed by atoms with Gasteiger partial charge in [-0.05, 0) is 18.2 Å². The molecule has 0 amide bonds. The summed E-state index contributed by atoms with van der Waals surface area (Å²) in [6, 6.07) is 7.81. The molecule has 2 aliphatic heterocycles. The predicted octanol–water partition coefficient (Wildman–Crippen LogP) is 3.93. The summed E-state index contributed by atoms with van der Waals surface area (Å²) in [4.78, 5) is 22.9. The number of halogens is 1. The van der Waals surface area contributed by atoms with Gasteiger partial charge in [-0.25, -0.2) is 0 Å². The molecule has 0 bridgehead atoms. The maximum atomic E-state index is 12.5. The summed E-state index contributed by atoms with van der Waals surface area (Å²) >= 11 is 3.45. The van der Waals surface area contributed by atoms with Crippen molar-refractivity contribution >= 4 is 27.4 Å². The smallest absolute Gasteiger partial charge is 0.270 e. The zero-order valence-electron chi connectivity index (χ0n) is 12.9. The van der Waals surface area contributed by atoms with Gasteiger partial charge in [0.05, 0.1) is 23.5 Å². The molecule has 4 rings (SSSR count). The van der Waals surface area contributed by atoms with Crippen LogP contribution in [0, 0.1) is 10.1 Å². The SMILES string of the molecule is O=C1CC(c2cc(Br)cc3c2OCOC3)Oc2ccc([N+](=O)[O-])cc21. The van der Waals surface area contributed by atoms with Crippen molar-refractivity contribution in [1.29, 1.82) is 0 Å². The highest BCUT2D eigenvalue weighted by Crippen LogP contribution is 2.42. The number of ketones is 1. The van der Waals surface area contributed by atoms with Crippen molar-refractivity contribution in [1.82, 2.24) is 0 Å². The van der Waals surface area contributed by atoms with Gasteiger partial charge in [0.1, 0.15) is 17.6 Å². The Morgan fingerprint density at radius 3 is 2.88 bits per heavy atom. The third-order valence-corrected chi connectivity index (χ3v) is 4.62. The van der Waals surface area contributed by atoms with E-state index in [0.717, 1.165) is 15.6 Å². The number of hydrogen-bond donors (Lipinski definition) is 0. The summed E-state index contributed by atoms with van der Waals surface area (Å²) in [6.07, 6.45) is -0.438. The van der Waals surface area contributed by atoms with Gasteiger partial charge in [0.25, 0.3) is 5.69 Å². The molecule has 0 radical (unpaired) electrons. The number of hydrogen-bond acceptors (Lipinski definition) is 6. The summed E-state index contributed by atoms with van der Waals surface area (Å²) in [5.41, 5.74) is 1.74. The van der Waals surface area contributed by atoms with E-state index in [-0.39, 0.29) is 30.2 Å². The van der Waals surface area contributed by atoms with Crippen LogP contribution in [0.5, 0.6) is 11.5 Å². The van der Waals surface area contributed by atoms with Crippen LogP contribution in [-0.2, 0) is 11.3 Å². The lowest BCUT2D eigenvalue weighted by Gasteiger charge is -2.29. The highest BCUT2D eigenvalue weighted by Gasteiger charge is 2.32. The van der Waals surface area contributed by atoms with E-state index < -0.39 is 11.0 Å². The van der Waals surface area contributed by atoms with Crippen LogP contribution in [0.25, 0.3) is 0 Å². The van der Waals surface area contributed by atoms with E-state index in [4.69, 9.17) is 14.2 Å². The van der Waals surface area contributed by atoms with Gasteiger partial charge in [-0.1, -0.05) is 15.9 Å². The number of nitro benzene ring substituents is 1. The zero-order chi connectivity index (χ0) is 17.6. The van der Waals surface area contributed by atoms with Gasteiger partial charge in [0, 0.05) is 27.7 Å². The molecular formula is C17H12BrNO6. The largest absolute Gasteiger partial charge is 0.484 e. The van der Waals surface area contributed by atoms with E-state index in [2.05, 4.69) is 15.9 Å². The first-order valence-electron chi connectivity index (χ1n) is 7.54. The average Bonchev–Trinajstić information content (AvgIpc) is 2.60. The van der Waals surface area contributed by atoms with Gasteiger partial charge >= 0.3 is 0 Å². The fourth-order valence-electron chi connectivity index (χ4n) is 3.05. The molecule has 128 valence electrons. The minimum atomic E-state index is -0.530. The Balaban J connectivity index is 1.74. The van der Waals surface area contributed by atoms with Crippen molar-refractivity contribution in [3.63, 3.8) is 0 Å². The van der Waals surface area contributed by atoms with Crippen molar-refractivity contribution in [2.24, 2.45) is 0 Å².